The Morgan fingerprint density at radius 2 is 2.00 bits per heavy atom. The Balaban J connectivity index is 2.22. The molecule has 0 atom stereocenters. The maximum Gasteiger partial charge on any atom is 0.270 e. The Morgan fingerprint density at radius 1 is 1.20 bits per heavy atom. The molecule has 0 saturated carbocycles. The number of H-pyrrole nitrogens is 1. The Bertz CT molecular complexity index is 539. The van der Waals surface area contributed by atoms with Gasteiger partial charge in [-0.3, -0.25) is 14.6 Å². The van der Waals surface area contributed by atoms with Gasteiger partial charge in [0.1, 0.15) is 0 Å². The molecule has 3 rings (SSSR count). The lowest BCUT2D eigenvalue weighted by Gasteiger charge is -2.04. The number of hydrogen-bond acceptors (Lipinski definition) is 2. The minimum Gasteiger partial charge on any atom is -0.370 e. The van der Waals surface area contributed by atoms with Crippen molar-refractivity contribution in [2.45, 2.75) is 13.2 Å². The quantitative estimate of drug-likeness (QED) is 0.755. The predicted molar refractivity (Wildman–Crippen MR) is 54.9 cm³/mol. The summed E-state index contributed by atoms with van der Waals surface area (Å²) < 4.78 is 7.05. The van der Waals surface area contributed by atoms with Crippen LogP contribution in [-0.4, -0.2) is 9.78 Å². The number of fused-ring (bicyclic) bond motifs is 1. The van der Waals surface area contributed by atoms with Crippen LogP contribution in [0.25, 0.3) is 5.69 Å². The Hall–Kier alpha value is -1.81. The first-order valence-corrected chi connectivity index (χ1v) is 4.82. The van der Waals surface area contributed by atoms with E-state index in [4.69, 9.17) is 4.74 Å². The van der Waals surface area contributed by atoms with Crippen molar-refractivity contribution in [3.8, 4) is 5.69 Å². The second-order valence-electron chi connectivity index (χ2n) is 3.53. The molecule has 15 heavy (non-hydrogen) atoms. The minimum atomic E-state index is -0.0497. The number of nitrogens with one attached hydrogen (secondary N) is 1. The maximum atomic E-state index is 11.5. The van der Waals surface area contributed by atoms with Crippen LogP contribution in [-0.2, 0) is 18.0 Å². The summed E-state index contributed by atoms with van der Waals surface area (Å²) in [6.45, 7) is 0.924. The van der Waals surface area contributed by atoms with Gasteiger partial charge in [-0.25, -0.2) is 0 Å². The van der Waals surface area contributed by atoms with Crippen molar-refractivity contribution in [2.24, 2.45) is 0 Å². The second-order valence-corrected chi connectivity index (χ2v) is 3.53. The van der Waals surface area contributed by atoms with E-state index in [-0.39, 0.29) is 5.56 Å². The van der Waals surface area contributed by atoms with Gasteiger partial charge in [0.05, 0.1) is 30.2 Å². The van der Waals surface area contributed by atoms with E-state index in [0.717, 1.165) is 16.9 Å². The predicted octanol–water partition coefficient (Wildman–Crippen LogP) is 1.20. The molecule has 0 spiro atoms. The fraction of sp³-hybridized carbons (Fsp3) is 0.182. The van der Waals surface area contributed by atoms with Gasteiger partial charge in [-0.15, -0.1) is 0 Å². The third kappa shape index (κ3) is 1.22. The van der Waals surface area contributed by atoms with Gasteiger partial charge >= 0.3 is 0 Å². The number of para-hydroxylation sites is 1. The van der Waals surface area contributed by atoms with E-state index in [0.29, 0.717) is 13.2 Å². The van der Waals surface area contributed by atoms with Gasteiger partial charge in [0.2, 0.25) is 0 Å². The van der Waals surface area contributed by atoms with Crippen molar-refractivity contribution in [3.63, 3.8) is 0 Å². The number of rotatable bonds is 1. The summed E-state index contributed by atoms with van der Waals surface area (Å²) in [6.07, 6.45) is 0. The highest BCUT2D eigenvalue weighted by Gasteiger charge is 2.21. The van der Waals surface area contributed by atoms with E-state index >= 15 is 0 Å². The zero-order valence-electron chi connectivity index (χ0n) is 8.06. The Kier molecular flexibility index (Phi) is 1.76. The van der Waals surface area contributed by atoms with Crippen LogP contribution in [0, 0.1) is 0 Å². The molecule has 2 heterocycles. The number of benzene rings is 1. The SMILES string of the molecule is O=c1[nH]n(-c2ccccc2)c2c1COC2. The average molecular weight is 202 g/mol. The number of aromatic amines is 1. The highest BCUT2D eigenvalue weighted by molar-refractivity contribution is 5.35. The summed E-state index contributed by atoms with van der Waals surface area (Å²) in [6, 6.07) is 9.73. The molecule has 4 heteroatoms. The van der Waals surface area contributed by atoms with E-state index in [2.05, 4.69) is 5.10 Å². The van der Waals surface area contributed by atoms with Gasteiger partial charge < -0.3 is 4.74 Å². The first-order valence-electron chi connectivity index (χ1n) is 4.82. The molecular weight excluding hydrogens is 192 g/mol. The smallest absolute Gasteiger partial charge is 0.270 e. The molecule has 0 aliphatic carbocycles. The van der Waals surface area contributed by atoms with E-state index in [1.54, 1.807) is 4.68 Å². The minimum absolute atomic E-state index is 0.0497. The van der Waals surface area contributed by atoms with Crippen molar-refractivity contribution in [3.05, 3.63) is 51.9 Å². The number of nitrogens with zero attached hydrogens (tertiary/aromatic N) is 1. The summed E-state index contributed by atoms with van der Waals surface area (Å²) in [5.41, 5.74) is 2.60. The Morgan fingerprint density at radius 3 is 2.80 bits per heavy atom. The van der Waals surface area contributed by atoms with E-state index in [9.17, 15) is 4.79 Å². The fourth-order valence-corrected chi connectivity index (χ4v) is 1.85. The third-order valence-electron chi connectivity index (χ3n) is 2.61. The molecule has 76 valence electrons. The number of ether oxygens (including phenoxy) is 1. The van der Waals surface area contributed by atoms with Crippen LogP contribution in [0.5, 0.6) is 0 Å². The molecule has 0 bridgehead atoms. The summed E-state index contributed by atoms with van der Waals surface area (Å²) in [4.78, 5) is 11.5. The molecule has 4 nitrogen and oxygen atoms in total. The van der Waals surface area contributed by atoms with Crippen molar-refractivity contribution < 1.29 is 4.74 Å². The monoisotopic (exact) mass is 202 g/mol. The molecule has 2 aromatic rings. The van der Waals surface area contributed by atoms with E-state index in [1.165, 1.54) is 0 Å². The molecular formula is C11H10N2O2. The zero-order valence-corrected chi connectivity index (χ0v) is 8.06. The maximum absolute atomic E-state index is 11.5. The van der Waals surface area contributed by atoms with Crippen molar-refractivity contribution in [1.82, 2.24) is 9.78 Å². The van der Waals surface area contributed by atoms with Gasteiger partial charge in [-0.1, -0.05) is 18.2 Å². The largest absolute Gasteiger partial charge is 0.370 e. The standard InChI is InChI=1S/C11H10N2O2/c14-11-9-6-15-7-10(9)13(12-11)8-4-2-1-3-5-8/h1-5H,6-7H2,(H,12,14). The normalized spacial score (nSPS) is 14.1. The summed E-state index contributed by atoms with van der Waals surface area (Å²) in [5, 5.41) is 2.81. The molecule has 0 fully saturated rings. The molecule has 0 radical (unpaired) electrons. The van der Waals surface area contributed by atoms with Gasteiger partial charge in [0.25, 0.3) is 5.56 Å². The van der Waals surface area contributed by atoms with Gasteiger partial charge in [0, 0.05) is 0 Å². The highest BCUT2D eigenvalue weighted by Crippen LogP contribution is 2.18. The lowest BCUT2D eigenvalue weighted by atomic mass is 10.3. The molecule has 0 saturated heterocycles. The topological polar surface area (TPSA) is 47.0 Å². The first-order chi connectivity index (χ1) is 7.36. The molecule has 1 aliphatic heterocycles. The lowest BCUT2D eigenvalue weighted by molar-refractivity contribution is 0.130. The molecule has 1 aliphatic rings. The molecule has 1 aromatic heterocycles. The highest BCUT2D eigenvalue weighted by atomic mass is 16.5. The molecule has 1 aromatic carbocycles. The fourth-order valence-electron chi connectivity index (χ4n) is 1.85. The van der Waals surface area contributed by atoms with Gasteiger partial charge in [-0.05, 0) is 12.1 Å². The molecule has 1 N–H and O–H groups in total. The van der Waals surface area contributed by atoms with Crippen molar-refractivity contribution in [2.75, 3.05) is 0 Å². The first kappa shape index (κ1) is 8.49. The van der Waals surface area contributed by atoms with Gasteiger partial charge in [0.15, 0.2) is 0 Å². The van der Waals surface area contributed by atoms with Crippen LogP contribution in [0.2, 0.25) is 0 Å². The van der Waals surface area contributed by atoms with Crippen molar-refractivity contribution >= 4 is 0 Å². The summed E-state index contributed by atoms with van der Waals surface area (Å²) in [5.74, 6) is 0. The van der Waals surface area contributed by atoms with Crippen molar-refractivity contribution in [1.29, 1.82) is 0 Å². The second kappa shape index (κ2) is 3.10. The lowest BCUT2D eigenvalue weighted by Crippen LogP contribution is -2.08. The number of aromatic nitrogens is 2. The van der Waals surface area contributed by atoms with Gasteiger partial charge in [-0.2, -0.15) is 0 Å². The Labute approximate surface area is 86.1 Å². The van der Waals surface area contributed by atoms with Crippen LogP contribution in [0.1, 0.15) is 11.3 Å². The van der Waals surface area contributed by atoms with Crippen LogP contribution in [0.4, 0.5) is 0 Å². The van der Waals surface area contributed by atoms with E-state index < -0.39 is 0 Å². The zero-order chi connectivity index (χ0) is 10.3. The van der Waals surface area contributed by atoms with E-state index in [1.807, 2.05) is 30.3 Å². The number of hydrogen-bond donors (Lipinski definition) is 1. The van der Waals surface area contributed by atoms with Crippen LogP contribution < -0.4 is 5.56 Å². The molecule has 0 amide bonds. The summed E-state index contributed by atoms with van der Waals surface area (Å²) in [7, 11) is 0. The van der Waals surface area contributed by atoms with Crippen LogP contribution in [0.15, 0.2) is 35.1 Å². The third-order valence-corrected chi connectivity index (χ3v) is 2.61. The van der Waals surface area contributed by atoms with Crippen LogP contribution >= 0.6 is 0 Å². The molecule has 0 unspecified atom stereocenters. The summed E-state index contributed by atoms with van der Waals surface area (Å²) >= 11 is 0. The van der Waals surface area contributed by atoms with Crippen LogP contribution in [0.3, 0.4) is 0 Å². The average Bonchev–Trinajstić information content (AvgIpc) is 2.84.